The van der Waals surface area contributed by atoms with E-state index >= 15 is 0 Å². The summed E-state index contributed by atoms with van der Waals surface area (Å²) in [7, 11) is 1.33. The van der Waals surface area contributed by atoms with Crippen LogP contribution in [0.3, 0.4) is 0 Å². The fourth-order valence-corrected chi connectivity index (χ4v) is 5.54. The fraction of sp³-hybridized carbons (Fsp3) is 0.308. The Balaban J connectivity index is 2.08. The zero-order valence-corrected chi connectivity index (χ0v) is 21.0. The van der Waals surface area contributed by atoms with E-state index in [-0.39, 0.29) is 50.8 Å². The number of hydrogen-bond acceptors (Lipinski definition) is 5. The molecular formula is C26H24F3N3O3S. The summed E-state index contributed by atoms with van der Waals surface area (Å²) < 4.78 is 43.6. The Morgan fingerprint density at radius 3 is 2.44 bits per heavy atom. The van der Waals surface area contributed by atoms with E-state index in [0.717, 1.165) is 22.0 Å². The van der Waals surface area contributed by atoms with Gasteiger partial charge < -0.3 is 0 Å². The fourth-order valence-electron chi connectivity index (χ4n) is 4.23. The minimum Gasteiger partial charge on any atom is -0.287 e. The van der Waals surface area contributed by atoms with Crippen LogP contribution in [-0.4, -0.2) is 19.9 Å². The standard InChI is InChI=1S/C26H24F3N3O3S/c1-14(2)13-32-24-20(23(34)31(4)25(32)35)19(22(33)21-15(3)8-7-11-30-21)18(36-24)12-16-9-5-6-10-17(16)26(27,28)29/h5-11,14H,12-13H2,1-4H3. The monoisotopic (exact) mass is 515 g/mol. The Kier molecular flexibility index (Phi) is 6.74. The Morgan fingerprint density at radius 2 is 1.81 bits per heavy atom. The van der Waals surface area contributed by atoms with Crippen molar-refractivity contribution < 1.29 is 18.0 Å². The van der Waals surface area contributed by atoms with E-state index in [1.165, 1.54) is 36.0 Å². The van der Waals surface area contributed by atoms with Gasteiger partial charge in [-0.2, -0.15) is 13.2 Å². The number of ketones is 1. The zero-order valence-electron chi connectivity index (χ0n) is 20.1. The molecule has 36 heavy (non-hydrogen) atoms. The van der Waals surface area contributed by atoms with E-state index in [1.807, 2.05) is 13.8 Å². The largest absolute Gasteiger partial charge is 0.416 e. The number of thiophene rings is 1. The molecule has 10 heteroatoms. The van der Waals surface area contributed by atoms with Crippen LogP contribution in [0.5, 0.6) is 0 Å². The summed E-state index contributed by atoms with van der Waals surface area (Å²) in [6.07, 6.45) is -3.38. The molecule has 0 saturated heterocycles. The molecule has 0 N–H and O–H groups in total. The Morgan fingerprint density at radius 1 is 1.11 bits per heavy atom. The van der Waals surface area contributed by atoms with Crippen molar-refractivity contribution in [3.63, 3.8) is 0 Å². The minimum absolute atomic E-state index is 0.00752. The van der Waals surface area contributed by atoms with Crippen molar-refractivity contribution in [3.05, 3.63) is 96.3 Å². The van der Waals surface area contributed by atoms with E-state index in [4.69, 9.17) is 0 Å². The molecule has 0 saturated carbocycles. The van der Waals surface area contributed by atoms with E-state index in [2.05, 4.69) is 4.98 Å². The SMILES string of the molecule is Cc1cccnc1C(=O)c1c(Cc2ccccc2C(F)(F)F)sc2c1c(=O)n(C)c(=O)n2CC(C)C. The van der Waals surface area contributed by atoms with Gasteiger partial charge in [0, 0.05) is 31.1 Å². The van der Waals surface area contributed by atoms with Gasteiger partial charge >= 0.3 is 11.9 Å². The molecule has 3 heterocycles. The van der Waals surface area contributed by atoms with Gasteiger partial charge in [0.25, 0.3) is 5.56 Å². The first-order valence-corrected chi connectivity index (χ1v) is 12.1. The predicted octanol–water partition coefficient (Wildman–Crippen LogP) is 4.96. The van der Waals surface area contributed by atoms with Crippen molar-refractivity contribution >= 4 is 27.3 Å². The number of alkyl halides is 3. The van der Waals surface area contributed by atoms with Gasteiger partial charge in [0.15, 0.2) is 0 Å². The van der Waals surface area contributed by atoms with Gasteiger partial charge in [0.1, 0.15) is 10.5 Å². The van der Waals surface area contributed by atoms with Crippen LogP contribution in [0.15, 0.2) is 52.2 Å². The summed E-state index contributed by atoms with van der Waals surface area (Å²) in [5.74, 6) is -0.525. The molecule has 0 unspecified atom stereocenters. The maximum absolute atomic E-state index is 13.8. The van der Waals surface area contributed by atoms with Crippen molar-refractivity contribution in [3.8, 4) is 0 Å². The third kappa shape index (κ3) is 4.53. The number of pyridine rings is 1. The van der Waals surface area contributed by atoms with E-state index in [0.29, 0.717) is 5.56 Å². The molecule has 188 valence electrons. The Bertz CT molecular complexity index is 1600. The van der Waals surface area contributed by atoms with Crippen LogP contribution >= 0.6 is 11.3 Å². The van der Waals surface area contributed by atoms with Crippen molar-refractivity contribution in [2.45, 2.75) is 39.9 Å². The van der Waals surface area contributed by atoms with E-state index in [9.17, 15) is 27.6 Å². The second-order valence-corrected chi connectivity index (χ2v) is 10.1. The molecule has 0 atom stereocenters. The molecule has 4 rings (SSSR count). The lowest BCUT2D eigenvalue weighted by molar-refractivity contribution is -0.138. The number of hydrogen-bond donors (Lipinski definition) is 0. The molecule has 6 nitrogen and oxygen atoms in total. The van der Waals surface area contributed by atoms with E-state index in [1.54, 1.807) is 19.1 Å². The van der Waals surface area contributed by atoms with Crippen LogP contribution in [0.4, 0.5) is 13.2 Å². The molecule has 0 aliphatic carbocycles. The lowest BCUT2D eigenvalue weighted by Crippen LogP contribution is -2.38. The average molecular weight is 516 g/mol. The molecular weight excluding hydrogens is 491 g/mol. The first-order valence-electron chi connectivity index (χ1n) is 11.3. The molecule has 0 spiro atoms. The van der Waals surface area contributed by atoms with Crippen molar-refractivity contribution in [2.24, 2.45) is 13.0 Å². The molecule has 3 aromatic heterocycles. The number of aromatic nitrogens is 3. The molecule has 1 aromatic carbocycles. The highest BCUT2D eigenvalue weighted by atomic mass is 32.1. The van der Waals surface area contributed by atoms with Gasteiger partial charge in [-0.05, 0) is 36.1 Å². The zero-order chi connectivity index (χ0) is 26.4. The Labute approximate surface area is 208 Å². The summed E-state index contributed by atoms with van der Waals surface area (Å²) in [6, 6.07) is 8.50. The first kappa shape index (κ1) is 25.6. The van der Waals surface area contributed by atoms with Crippen LogP contribution in [0, 0.1) is 12.8 Å². The summed E-state index contributed by atoms with van der Waals surface area (Å²) in [4.78, 5) is 44.8. The quantitative estimate of drug-likeness (QED) is 0.340. The van der Waals surface area contributed by atoms with Crippen LogP contribution < -0.4 is 11.2 Å². The molecule has 0 fully saturated rings. The third-order valence-electron chi connectivity index (χ3n) is 5.92. The van der Waals surface area contributed by atoms with Crippen LogP contribution in [0.2, 0.25) is 0 Å². The molecule has 0 amide bonds. The normalized spacial score (nSPS) is 12.0. The topological polar surface area (TPSA) is 74.0 Å². The van der Waals surface area contributed by atoms with Gasteiger partial charge in [0.05, 0.1) is 16.5 Å². The Hall–Kier alpha value is -3.53. The maximum atomic E-state index is 13.8. The molecule has 0 aliphatic heterocycles. The highest BCUT2D eigenvalue weighted by Gasteiger charge is 2.34. The van der Waals surface area contributed by atoms with Crippen molar-refractivity contribution in [1.29, 1.82) is 0 Å². The second-order valence-electron chi connectivity index (χ2n) is 9.06. The van der Waals surface area contributed by atoms with Gasteiger partial charge in [-0.3, -0.25) is 23.7 Å². The summed E-state index contributed by atoms with van der Waals surface area (Å²) in [5.41, 5.74) is -1.40. The number of fused-ring (bicyclic) bond motifs is 1. The van der Waals surface area contributed by atoms with Crippen molar-refractivity contribution in [2.75, 3.05) is 0 Å². The van der Waals surface area contributed by atoms with Gasteiger partial charge in [0.2, 0.25) is 5.78 Å². The lowest BCUT2D eigenvalue weighted by Gasteiger charge is -2.13. The van der Waals surface area contributed by atoms with E-state index < -0.39 is 28.8 Å². The molecule has 0 radical (unpaired) electrons. The lowest BCUT2D eigenvalue weighted by atomic mass is 9.97. The summed E-state index contributed by atoms with van der Waals surface area (Å²) in [6.45, 7) is 5.78. The number of nitrogens with zero attached hydrogens (tertiary/aromatic N) is 3. The number of rotatable bonds is 6. The number of benzene rings is 1. The van der Waals surface area contributed by atoms with Crippen LogP contribution in [-0.2, 0) is 26.2 Å². The average Bonchev–Trinajstić information content (AvgIpc) is 3.18. The predicted molar refractivity (Wildman–Crippen MR) is 133 cm³/mol. The maximum Gasteiger partial charge on any atom is 0.416 e. The number of aryl methyl sites for hydroxylation is 1. The van der Waals surface area contributed by atoms with Crippen LogP contribution in [0.1, 0.15) is 51.5 Å². The highest BCUT2D eigenvalue weighted by molar-refractivity contribution is 7.19. The van der Waals surface area contributed by atoms with Gasteiger partial charge in [-0.1, -0.05) is 38.1 Å². The van der Waals surface area contributed by atoms with Gasteiger partial charge in [-0.15, -0.1) is 11.3 Å². The molecule has 4 aromatic rings. The number of carbonyl (C=O) groups is 1. The molecule has 0 aliphatic rings. The van der Waals surface area contributed by atoms with Gasteiger partial charge in [-0.25, -0.2) is 4.79 Å². The summed E-state index contributed by atoms with van der Waals surface area (Å²) in [5, 5.41) is 0.0253. The summed E-state index contributed by atoms with van der Waals surface area (Å²) >= 11 is 1.01. The van der Waals surface area contributed by atoms with Crippen molar-refractivity contribution in [1.82, 2.24) is 14.1 Å². The first-order chi connectivity index (χ1) is 16.9. The third-order valence-corrected chi connectivity index (χ3v) is 7.13. The second kappa shape index (κ2) is 9.50. The molecule has 0 bridgehead atoms. The number of halogens is 3. The minimum atomic E-state index is -4.59. The number of carbonyl (C=O) groups excluding carboxylic acids is 1. The smallest absolute Gasteiger partial charge is 0.287 e. The van der Waals surface area contributed by atoms with Crippen LogP contribution in [0.25, 0.3) is 10.2 Å². The highest BCUT2D eigenvalue weighted by Crippen LogP contribution is 2.37.